The number of hydrogen-bond acceptors (Lipinski definition) is 3. The van der Waals surface area contributed by atoms with Gasteiger partial charge >= 0.3 is 0 Å². The molecule has 4 heteroatoms. The molecule has 2 aromatic rings. The third-order valence-corrected chi connectivity index (χ3v) is 2.61. The van der Waals surface area contributed by atoms with Crippen molar-refractivity contribution in [1.29, 1.82) is 5.26 Å². The molecule has 0 aromatic carbocycles. The van der Waals surface area contributed by atoms with Gasteiger partial charge in [-0.3, -0.25) is 4.98 Å². The van der Waals surface area contributed by atoms with E-state index in [1.165, 1.54) is 0 Å². The first-order valence-corrected chi connectivity index (χ1v) is 5.06. The first kappa shape index (κ1) is 9.81. The second kappa shape index (κ2) is 4.20. The van der Waals surface area contributed by atoms with Gasteiger partial charge in [0.2, 0.25) is 0 Å². The van der Waals surface area contributed by atoms with E-state index in [1.54, 1.807) is 24.7 Å². The third-order valence-electron chi connectivity index (χ3n) is 1.97. The van der Waals surface area contributed by atoms with Gasteiger partial charge in [0.25, 0.3) is 0 Å². The van der Waals surface area contributed by atoms with E-state index in [9.17, 15) is 0 Å². The van der Waals surface area contributed by atoms with Gasteiger partial charge in [-0.25, -0.2) is 4.98 Å². The molecule has 72 valence electrons. The van der Waals surface area contributed by atoms with Crippen molar-refractivity contribution in [2.75, 3.05) is 0 Å². The van der Waals surface area contributed by atoms with E-state index in [0.29, 0.717) is 10.2 Å². The maximum Gasteiger partial charge on any atom is 0.123 e. The highest BCUT2D eigenvalue weighted by Gasteiger charge is 2.03. The van der Waals surface area contributed by atoms with Gasteiger partial charge in [0.1, 0.15) is 10.7 Å². The minimum Gasteiger partial charge on any atom is -0.265 e. The van der Waals surface area contributed by atoms with E-state index in [1.807, 2.05) is 12.1 Å². The summed E-state index contributed by atoms with van der Waals surface area (Å²) >= 11 is 3.22. The zero-order valence-corrected chi connectivity index (χ0v) is 9.27. The average Bonchev–Trinajstić information content (AvgIpc) is 2.31. The monoisotopic (exact) mass is 259 g/mol. The van der Waals surface area contributed by atoms with Crippen LogP contribution in [0, 0.1) is 11.3 Å². The Hall–Kier alpha value is -1.73. The zero-order chi connectivity index (χ0) is 10.7. The zero-order valence-electron chi connectivity index (χ0n) is 7.68. The van der Waals surface area contributed by atoms with E-state index in [0.717, 1.165) is 11.1 Å². The van der Waals surface area contributed by atoms with Crippen LogP contribution in [0.5, 0.6) is 0 Å². The Labute approximate surface area is 95.6 Å². The Balaban J connectivity index is 2.52. The molecule has 0 bridgehead atoms. The average molecular weight is 260 g/mol. The highest BCUT2D eigenvalue weighted by atomic mass is 79.9. The van der Waals surface area contributed by atoms with Gasteiger partial charge in [-0.15, -0.1) is 0 Å². The predicted molar refractivity (Wildman–Crippen MR) is 59.9 cm³/mol. The summed E-state index contributed by atoms with van der Waals surface area (Å²) < 4.78 is 0.572. The lowest BCUT2D eigenvalue weighted by molar-refractivity contribution is 1.25. The van der Waals surface area contributed by atoms with Crippen LogP contribution in [0.3, 0.4) is 0 Å². The summed E-state index contributed by atoms with van der Waals surface area (Å²) in [7, 11) is 0. The first-order chi connectivity index (χ1) is 7.31. The fourth-order valence-electron chi connectivity index (χ4n) is 1.23. The number of rotatable bonds is 1. The van der Waals surface area contributed by atoms with Crippen LogP contribution in [0.25, 0.3) is 11.1 Å². The van der Waals surface area contributed by atoms with E-state index in [2.05, 4.69) is 32.0 Å². The number of aromatic nitrogens is 2. The van der Waals surface area contributed by atoms with Crippen LogP contribution >= 0.6 is 15.9 Å². The molecule has 15 heavy (non-hydrogen) atoms. The van der Waals surface area contributed by atoms with Crippen LogP contribution < -0.4 is 0 Å². The summed E-state index contributed by atoms with van der Waals surface area (Å²) in [6.45, 7) is 0. The van der Waals surface area contributed by atoms with Crippen molar-refractivity contribution in [3.05, 3.63) is 47.0 Å². The SMILES string of the molecule is N#Cc1cc(-c2ccncc2)cnc1Br. The molecule has 0 saturated carbocycles. The van der Waals surface area contributed by atoms with Crippen molar-refractivity contribution < 1.29 is 0 Å². The molecule has 0 spiro atoms. The Bertz CT molecular complexity index is 517. The smallest absolute Gasteiger partial charge is 0.123 e. The molecule has 0 N–H and O–H groups in total. The van der Waals surface area contributed by atoms with Gasteiger partial charge in [-0.2, -0.15) is 5.26 Å². The first-order valence-electron chi connectivity index (χ1n) is 4.27. The van der Waals surface area contributed by atoms with Gasteiger partial charge in [-0.05, 0) is 39.7 Å². The summed E-state index contributed by atoms with van der Waals surface area (Å²) in [6.07, 6.45) is 5.15. The molecule has 0 aliphatic rings. The highest BCUT2D eigenvalue weighted by Crippen LogP contribution is 2.22. The second-order valence-electron chi connectivity index (χ2n) is 2.91. The number of hydrogen-bond donors (Lipinski definition) is 0. The fourth-order valence-corrected chi connectivity index (χ4v) is 1.53. The number of nitrogens with zero attached hydrogens (tertiary/aromatic N) is 3. The van der Waals surface area contributed by atoms with Gasteiger partial charge in [-0.1, -0.05) is 0 Å². The lowest BCUT2D eigenvalue weighted by atomic mass is 10.1. The second-order valence-corrected chi connectivity index (χ2v) is 3.66. The quantitative estimate of drug-likeness (QED) is 0.741. The van der Waals surface area contributed by atoms with Gasteiger partial charge < -0.3 is 0 Å². The van der Waals surface area contributed by atoms with Gasteiger partial charge in [0, 0.05) is 24.2 Å². The molecule has 3 nitrogen and oxygen atoms in total. The van der Waals surface area contributed by atoms with Crippen molar-refractivity contribution in [2.45, 2.75) is 0 Å². The van der Waals surface area contributed by atoms with Crippen molar-refractivity contribution >= 4 is 15.9 Å². The van der Waals surface area contributed by atoms with E-state index < -0.39 is 0 Å². The molecule has 2 heterocycles. The predicted octanol–water partition coefficient (Wildman–Crippen LogP) is 2.78. The molecule has 0 aliphatic heterocycles. The van der Waals surface area contributed by atoms with Crippen molar-refractivity contribution in [2.24, 2.45) is 0 Å². The molecule has 0 saturated heterocycles. The topological polar surface area (TPSA) is 49.6 Å². The van der Waals surface area contributed by atoms with E-state index in [4.69, 9.17) is 5.26 Å². The molecule has 0 aliphatic carbocycles. The van der Waals surface area contributed by atoms with Crippen LogP contribution in [0.2, 0.25) is 0 Å². The largest absolute Gasteiger partial charge is 0.265 e. The van der Waals surface area contributed by atoms with Crippen LogP contribution in [-0.4, -0.2) is 9.97 Å². The molecular formula is C11H6BrN3. The minimum absolute atomic E-state index is 0.532. The molecule has 2 rings (SSSR count). The Morgan fingerprint density at radius 3 is 2.60 bits per heavy atom. The number of nitriles is 1. The summed E-state index contributed by atoms with van der Waals surface area (Å²) in [5.74, 6) is 0. The van der Waals surface area contributed by atoms with Crippen molar-refractivity contribution in [1.82, 2.24) is 9.97 Å². The lowest BCUT2D eigenvalue weighted by Crippen LogP contribution is -1.86. The summed E-state index contributed by atoms with van der Waals surface area (Å²) in [4.78, 5) is 8.04. The molecular weight excluding hydrogens is 254 g/mol. The van der Waals surface area contributed by atoms with Crippen LogP contribution in [0.15, 0.2) is 41.4 Å². The Kier molecular flexibility index (Phi) is 2.75. The maximum atomic E-state index is 8.86. The van der Waals surface area contributed by atoms with Crippen LogP contribution in [0.1, 0.15) is 5.56 Å². The molecule has 0 fully saturated rings. The highest BCUT2D eigenvalue weighted by molar-refractivity contribution is 9.10. The van der Waals surface area contributed by atoms with Gasteiger partial charge in [0.05, 0.1) is 5.56 Å². The Morgan fingerprint density at radius 2 is 1.93 bits per heavy atom. The van der Waals surface area contributed by atoms with Crippen molar-refractivity contribution in [3.8, 4) is 17.2 Å². The van der Waals surface area contributed by atoms with Crippen molar-refractivity contribution in [3.63, 3.8) is 0 Å². The molecule has 0 radical (unpaired) electrons. The molecule has 2 aromatic heterocycles. The van der Waals surface area contributed by atoms with E-state index >= 15 is 0 Å². The minimum atomic E-state index is 0.532. The number of halogens is 1. The van der Waals surface area contributed by atoms with E-state index in [-0.39, 0.29) is 0 Å². The summed E-state index contributed by atoms with van der Waals surface area (Å²) in [5, 5.41) is 8.86. The number of pyridine rings is 2. The molecule has 0 amide bonds. The standard InChI is InChI=1S/C11H6BrN3/c12-11-9(6-13)5-10(7-15-11)8-1-3-14-4-2-8/h1-5,7H. The Morgan fingerprint density at radius 1 is 1.20 bits per heavy atom. The van der Waals surface area contributed by atoms with Crippen LogP contribution in [-0.2, 0) is 0 Å². The normalized spacial score (nSPS) is 9.60. The fraction of sp³-hybridized carbons (Fsp3) is 0. The molecule has 0 unspecified atom stereocenters. The lowest BCUT2D eigenvalue weighted by Gasteiger charge is -2.01. The summed E-state index contributed by atoms with van der Waals surface area (Å²) in [5.41, 5.74) is 2.45. The molecule has 0 atom stereocenters. The maximum absolute atomic E-state index is 8.86. The summed E-state index contributed by atoms with van der Waals surface area (Å²) in [6, 6.07) is 7.64. The van der Waals surface area contributed by atoms with Crippen LogP contribution in [0.4, 0.5) is 0 Å². The third kappa shape index (κ3) is 2.03. The van der Waals surface area contributed by atoms with Gasteiger partial charge in [0.15, 0.2) is 0 Å².